The zero-order chi connectivity index (χ0) is 15.5. The van der Waals surface area contributed by atoms with Gasteiger partial charge in [0, 0.05) is 29.8 Å². The van der Waals surface area contributed by atoms with Gasteiger partial charge in [0.05, 0.1) is 0 Å². The number of nitrogens with one attached hydrogen (secondary N) is 2. The van der Waals surface area contributed by atoms with Crippen LogP contribution in [0.5, 0.6) is 0 Å². The minimum absolute atomic E-state index is 0.0150. The van der Waals surface area contributed by atoms with Crippen molar-refractivity contribution in [1.82, 2.24) is 5.32 Å². The summed E-state index contributed by atoms with van der Waals surface area (Å²) in [5, 5.41) is 14.9. The first-order valence-electron chi connectivity index (χ1n) is 7.33. The Hall–Kier alpha value is -1.88. The fourth-order valence-corrected chi connectivity index (χ4v) is 2.45. The van der Waals surface area contributed by atoms with Crippen LogP contribution in [0.1, 0.15) is 49.0 Å². The Morgan fingerprint density at radius 1 is 1.43 bits per heavy atom. The molecule has 1 heterocycles. The van der Waals surface area contributed by atoms with Gasteiger partial charge in [-0.25, -0.2) is 0 Å². The highest BCUT2D eigenvalue weighted by molar-refractivity contribution is 5.98. The van der Waals surface area contributed by atoms with Crippen LogP contribution in [0.25, 0.3) is 0 Å². The summed E-state index contributed by atoms with van der Waals surface area (Å²) in [4.78, 5) is 23.7. The second kappa shape index (κ2) is 6.26. The molecular formula is C16H22N2O3. The molecule has 0 bridgehead atoms. The molecule has 1 aliphatic rings. The highest BCUT2D eigenvalue weighted by atomic mass is 16.3. The lowest BCUT2D eigenvalue weighted by molar-refractivity contribution is -0.116. The first-order valence-corrected chi connectivity index (χ1v) is 7.33. The molecule has 1 aromatic rings. The highest BCUT2D eigenvalue weighted by Gasteiger charge is 2.25. The Kier molecular flexibility index (Phi) is 4.63. The molecule has 0 saturated carbocycles. The van der Waals surface area contributed by atoms with Crippen LogP contribution in [-0.2, 0) is 11.2 Å². The molecule has 2 amide bonds. The first-order chi connectivity index (χ1) is 9.97. The van der Waals surface area contributed by atoms with Gasteiger partial charge in [-0.3, -0.25) is 9.59 Å². The molecule has 1 aromatic carbocycles. The Morgan fingerprint density at radius 3 is 2.86 bits per heavy atom. The molecule has 2 rings (SSSR count). The van der Waals surface area contributed by atoms with E-state index in [1.165, 1.54) is 0 Å². The van der Waals surface area contributed by atoms with Crippen molar-refractivity contribution in [3.63, 3.8) is 0 Å². The fraction of sp³-hybridized carbons (Fsp3) is 0.500. The van der Waals surface area contributed by atoms with Crippen LogP contribution in [0.2, 0.25) is 0 Å². The van der Waals surface area contributed by atoms with E-state index in [4.69, 9.17) is 5.11 Å². The maximum Gasteiger partial charge on any atom is 0.251 e. The van der Waals surface area contributed by atoms with Crippen LogP contribution in [0, 0.1) is 0 Å². The summed E-state index contributed by atoms with van der Waals surface area (Å²) in [5.41, 5.74) is 1.96. The number of amides is 2. The second-order valence-corrected chi connectivity index (χ2v) is 5.76. The normalized spacial score (nSPS) is 16.6. The number of benzene rings is 1. The van der Waals surface area contributed by atoms with Crippen molar-refractivity contribution in [3.8, 4) is 0 Å². The van der Waals surface area contributed by atoms with E-state index in [1.807, 2.05) is 19.9 Å². The van der Waals surface area contributed by atoms with Crippen molar-refractivity contribution in [2.75, 3.05) is 11.9 Å². The Bertz CT molecular complexity index is 556. The number of carbonyl (C=O) groups is 2. The average molecular weight is 290 g/mol. The van der Waals surface area contributed by atoms with Gasteiger partial charge in [0.1, 0.15) is 0 Å². The van der Waals surface area contributed by atoms with Gasteiger partial charge >= 0.3 is 0 Å². The molecule has 0 radical (unpaired) electrons. The second-order valence-electron chi connectivity index (χ2n) is 5.76. The lowest BCUT2D eigenvalue weighted by Crippen LogP contribution is -2.46. The molecule has 0 aromatic heterocycles. The van der Waals surface area contributed by atoms with Gasteiger partial charge in [0.25, 0.3) is 5.91 Å². The predicted molar refractivity (Wildman–Crippen MR) is 81.3 cm³/mol. The summed E-state index contributed by atoms with van der Waals surface area (Å²) in [7, 11) is 0. The van der Waals surface area contributed by atoms with Crippen molar-refractivity contribution in [1.29, 1.82) is 0 Å². The molecule has 3 N–H and O–H groups in total. The standard InChI is InChI=1S/C16H22N2O3/c1-3-16(2,8-9-19)18-15(21)12-4-6-13-11(10-12)5-7-14(20)17-13/h4,6,10,19H,3,5,7-9H2,1-2H3,(H,17,20)(H,18,21). The van der Waals surface area contributed by atoms with Crippen LogP contribution in [0.4, 0.5) is 5.69 Å². The van der Waals surface area contributed by atoms with Gasteiger partial charge in [-0.05, 0) is 49.9 Å². The summed E-state index contributed by atoms with van der Waals surface area (Å²) in [6.45, 7) is 3.96. The monoisotopic (exact) mass is 290 g/mol. The molecule has 0 aliphatic carbocycles. The zero-order valence-electron chi connectivity index (χ0n) is 12.5. The van der Waals surface area contributed by atoms with Crippen molar-refractivity contribution in [2.24, 2.45) is 0 Å². The molecule has 0 saturated heterocycles. The van der Waals surface area contributed by atoms with Crippen molar-refractivity contribution < 1.29 is 14.7 Å². The van der Waals surface area contributed by atoms with Crippen molar-refractivity contribution >= 4 is 17.5 Å². The van der Waals surface area contributed by atoms with Crippen LogP contribution in [-0.4, -0.2) is 29.1 Å². The van der Waals surface area contributed by atoms with Crippen LogP contribution in [0.3, 0.4) is 0 Å². The molecule has 1 atom stereocenters. The van der Waals surface area contributed by atoms with E-state index in [1.54, 1.807) is 12.1 Å². The predicted octanol–water partition coefficient (Wildman–Crippen LogP) is 1.85. The number of aliphatic hydroxyl groups is 1. The summed E-state index contributed by atoms with van der Waals surface area (Å²) < 4.78 is 0. The number of aryl methyl sites for hydroxylation is 1. The van der Waals surface area contributed by atoms with Crippen LogP contribution in [0.15, 0.2) is 18.2 Å². The molecule has 0 fully saturated rings. The number of hydrogen-bond acceptors (Lipinski definition) is 3. The molecule has 0 spiro atoms. The Balaban J connectivity index is 2.15. The third-order valence-electron chi connectivity index (χ3n) is 4.12. The largest absolute Gasteiger partial charge is 0.396 e. The maximum absolute atomic E-state index is 12.4. The third-order valence-corrected chi connectivity index (χ3v) is 4.12. The molecule has 5 heteroatoms. The maximum atomic E-state index is 12.4. The zero-order valence-corrected chi connectivity index (χ0v) is 12.5. The van der Waals surface area contributed by atoms with Crippen molar-refractivity contribution in [2.45, 2.75) is 45.1 Å². The smallest absolute Gasteiger partial charge is 0.251 e. The molecule has 21 heavy (non-hydrogen) atoms. The van der Waals surface area contributed by atoms with Gasteiger partial charge < -0.3 is 15.7 Å². The number of hydrogen-bond donors (Lipinski definition) is 3. The fourth-order valence-electron chi connectivity index (χ4n) is 2.45. The molecule has 114 valence electrons. The summed E-state index contributed by atoms with van der Waals surface area (Å²) in [5.74, 6) is -0.131. The SMILES string of the molecule is CCC(C)(CCO)NC(=O)c1ccc2c(c1)CCC(=O)N2. The van der Waals surface area contributed by atoms with E-state index in [9.17, 15) is 9.59 Å². The van der Waals surface area contributed by atoms with Crippen LogP contribution >= 0.6 is 0 Å². The van der Waals surface area contributed by atoms with Gasteiger partial charge in [-0.15, -0.1) is 0 Å². The number of rotatable bonds is 5. The third kappa shape index (κ3) is 3.61. The minimum Gasteiger partial charge on any atom is -0.396 e. The molecule has 5 nitrogen and oxygen atoms in total. The molecule has 1 unspecified atom stereocenters. The molecular weight excluding hydrogens is 268 g/mol. The van der Waals surface area contributed by atoms with Gasteiger partial charge in [-0.2, -0.15) is 0 Å². The number of fused-ring (bicyclic) bond motifs is 1. The van der Waals surface area contributed by atoms with E-state index in [-0.39, 0.29) is 18.4 Å². The number of aliphatic hydroxyl groups excluding tert-OH is 1. The van der Waals surface area contributed by atoms with E-state index >= 15 is 0 Å². The average Bonchev–Trinajstić information content (AvgIpc) is 2.46. The summed E-state index contributed by atoms with van der Waals surface area (Å²) in [6, 6.07) is 5.32. The van der Waals surface area contributed by atoms with E-state index in [0.717, 1.165) is 17.7 Å². The highest BCUT2D eigenvalue weighted by Crippen LogP contribution is 2.24. The Labute approximate surface area is 124 Å². The minimum atomic E-state index is -0.407. The molecule has 1 aliphatic heterocycles. The van der Waals surface area contributed by atoms with E-state index in [2.05, 4.69) is 10.6 Å². The first kappa shape index (κ1) is 15.5. The number of carbonyl (C=O) groups excluding carboxylic acids is 2. The Morgan fingerprint density at radius 2 is 2.19 bits per heavy atom. The topological polar surface area (TPSA) is 78.4 Å². The number of anilines is 1. The summed E-state index contributed by atoms with van der Waals surface area (Å²) in [6.07, 6.45) is 2.38. The quantitative estimate of drug-likeness (QED) is 0.774. The van der Waals surface area contributed by atoms with Gasteiger partial charge in [-0.1, -0.05) is 6.92 Å². The van der Waals surface area contributed by atoms with E-state index in [0.29, 0.717) is 24.8 Å². The lowest BCUT2D eigenvalue weighted by atomic mass is 9.94. The van der Waals surface area contributed by atoms with Crippen molar-refractivity contribution in [3.05, 3.63) is 29.3 Å². The van der Waals surface area contributed by atoms with Crippen LogP contribution < -0.4 is 10.6 Å². The lowest BCUT2D eigenvalue weighted by Gasteiger charge is -2.29. The van der Waals surface area contributed by atoms with Gasteiger partial charge in [0.2, 0.25) is 5.91 Å². The van der Waals surface area contributed by atoms with Gasteiger partial charge in [0.15, 0.2) is 0 Å². The van der Waals surface area contributed by atoms with E-state index < -0.39 is 5.54 Å². The summed E-state index contributed by atoms with van der Waals surface area (Å²) >= 11 is 0.